The molecule has 0 aliphatic heterocycles. The summed E-state index contributed by atoms with van der Waals surface area (Å²) in [5.74, 6) is -0.951. The molecule has 2 heterocycles. The normalized spacial score (nSPS) is 11.2. The molecule has 0 fully saturated rings. The van der Waals surface area contributed by atoms with Gasteiger partial charge in [0.25, 0.3) is 15.9 Å². The van der Waals surface area contributed by atoms with Crippen LogP contribution in [0.3, 0.4) is 0 Å². The van der Waals surface area contributed by atoms with Crippen LogP contribution in [0, 0.1) is 5.82 Å². The predicted molar refractivity (Wildman–Crippen MR) is 91.0 cm³/mol. The van der Waals surface area contributed by atoms with Crippen LogP contribution in [-0.4, -0.2) is 29.5 Å². The van der Waals surface area contributed by atoms with Crippen LogP contribution in [0.2, 0.25) is 0 Å². The second kappa shape index (κ2) is 6.32. The number of nitrogens with zero attached hydrogens (tertiary/aromatic N) is 2. The van der Waals surface area contributed by atoms with Crippen LogP contribution in [-0.2, 0) is 10.0 Å². The average molecular weight is 361 g/mol. The fourth-order valence-corrected chi connectivity index (χ4v) is 2.58. The summed E-state index contributed by atoms with van der Waals surface area (Å²) in [6.45, 7) is 3.20. The molecule has 8 nitrogen and oxygen atoms in total. The van der Waals surface area contributed by atoms with Gasteiger partial charge in [0.05, 0.1) is 17.3 Å². The highest BCUT2D eigenvalue weighted by Crippen LogP contribution is 2.20. The van der Waals surface area contributed by atoms with Crippen molar-refractivity contribution in [2.75, 3.05) is 10.0 Å². The molecule has 0 unspecified atom stereocenters. The number of sulfonamides is 1. The summed E-state index contributed by atoms with van der Waals surface area (Å²) >= 11 is 0. The lowest BCUT2D eigenvalue weighted by atomic mass is 10.2. The Kier molecular flexibility index (Phi) is 4.19. The topological polar surface area (TPSA) is 117 Å². The molecule has 1 aromatic carbocycles. The van der Waals surface area contributed by atoms with E-state index in [0.29, 0.717) is 11.1 Å². The summed E-state index contributed by atoms with van der Waals surface area (Å²) in [5, 5.41) is 10.1. The van der Waals surface area contributed by atoms with Crippen LogP contribution in [0.15, 0.2) is 48.5 Å². The Hall–Kier alpha value is -3.27. The molecule has 0 aliphatic rings. The van der Waals surface area contributed by atoms with Gasteiger partial charge in [0.1, 0.15) is 11.5 Å². The van der Waals surface area contributed by atoms with E-state index >= 15 is 0 Å². The van der Waals surface area contributed by atoms with E-state index in [1.54, 1.807) is 0 Å². The first-order chi connectivity index (χ1) is 11.9. The third-order valence-corrected chi connectivity index (χ3v) is 4.18. The van der Waals surface area contributed by atoms with Gasteiger partial charge in [-0.15, -0.1) is 0 Å². The maximum absolute atomic E-state index is 12.9. The van der Waals surface area contributed by atoms with Gasteiger partial charge in [0.2, 0.25) is 0 Å². The molecule has 3 rings (SSSR count). The number of fused-ring (bicyclic) bond motifs is 1. The largest absolute Gasteiger partial charge is 0.321 e. The zero-order chi connectivity index (χ0) is 18.0. The fraction of sp³-hybridized carbons (Fsp3) is 0. The minimum Gasteiger partial charge on any atom is -0.321 e. The molecule has 0 atom stereocenters. The maximum Gasteiger partial charge on any atom is 0.274 e. The molecular weight excluding hydrogens is 349 g/mol. The number of anilines is 2. The van der Waals surface area contributed by atoms with Gasteiger partial charge in [0.15, 0.2) is 5.65 Å². The van der Waals surface area contributed by atoms with Crippen molar-refractivity contribution >= 4 is 38.3 Å². The number of nitrogens with one attached hydrogen (secondary N) is 3. The van der Waals surface area contributed by atoms with Crippen LogP contribution in [0.1, 0.15) is 10.5 Å². The number of amides is 1. The number of rotatable bonds is 5. The Bertz CT molecular complexity index is 1060. The highest BCUT2D eigenvalue weighted by Gasteiger charge is 2.16. The Morgan fingerprint density at radius 2 is 1.96 bits per heavy atom. The van der Waals surface area contributed by atoms with Crippen LogP contribution < -0.4 is 10.0 Å². The van der Waals surface area contributed by atoms with Gasteiger partial charge < -0.3 is 5.32 Å². The van der Waals surface area contributed by atoms with E-state index in [2.05, 4.69) is 31.8 Å². The molecule has 0 aliphatic carbocycles. The van der Waals surface area contributed by atoms with Gasteiger partial charge in [-0.1, -0.05) is 6.58 Å². The Morgan fingerprint density at radius 1 is 1.24 bits per heavy atom. The molecule has 0 spiro atoms. The first-order valence-electron chi connectivity index (χ1n) is 6.94. The monoisotopic (exact) mass is 361 g/mol. The zero-order valence-corrected chi connectivity index (χ0v) is 13.5. The van der Waals surface area contributed by atoms with Gasteiger partial charge >= 0.3 is 0 Å². The lowest BCUT2D eigenvalue weighted by Gasteiger charge is -2.05. The number of hydrogen-bond acceptors (Lipinski definition) is 5. The SMILES string of the molecule is C=CS(=O)(=O)Nc1cnc2n[nH]c(C(=O)Nc3ccc(F)cc3)c2c1. The van der Waals surface area contributed by atoms with Crippen molar-refractivity contribution in [2.24, 2.45) is 0 Å². The summed E-state index contributed by atoms with van der Waals surface area (Å²) in [6, 6.07) is 6.67. The molecule has 2 aromatic heterocycles. The number of hydrogen-bond donors (Lipinski definition) is 3. The van der Waals surface area contributed by atoms with Crippen molar-refractivity contribution < 1.29 is 17.6 Å². The van der Waals surface area contributed by atoms with Crippen molar-refractivity contribution in [1.29, 1.82) is 0 Å². The molecule has 0 bridgehead atoms. The molecule has 3 N–H and O–H groups in total. The van der Waals surface area contributed by atoms with E-state index in [1.165, 1.54) is 36.5 Å². The second-order valence-electron chi connectivity index (χ2n) is 4.97. The number of carbonyl (C=O) groups excluding carboxylic acids is 1. The van der Waals surface area contributed by atoms with Gasteiger partial charge in [-0.05, 0) is 30.3 Å². The molecule has 0 saturated heterocycles. The number of halogens is 1. The number of carbonyl (C=O) groups is 1. The molecular formula is C15H12FN5O3S. The van der Waals surface area contributed by atoms with Gasteiger partial charge in [-0.2, -0.15) is 5.10 Å². The Labute approximate surface area is 141 Å². The quantitative estimate of drug-likeness (QED) is 0.644. The van der Waals surface area contributed by atoms with Gasteiger partial charge in [-0.3, -0.25) is 14.6 Å². The summed E-state index contributed by atoms with van der Waals surface area (Å²) in [4.78, 5) is 16.4. The zero-order valence-electron chi connectivity index (χ0n) is 12.7. The van der Waals surface area contributed by atoms with Gasteiger partial charge in [0, 0.05) is 11.1 Å². The van der Waals surface area contributed by atoms with Crippen LogP contribution in [0.25, 0.3) is 11.0 Å². The summed E-state index contributed by atoms with van der Waals surface area (Å²) in [6.07, 6.45) is 1.27. The fourth-order valence-electron chi connectivity index (χ4n) is 2.06. The van der Waals surface area contributed by atoms with Crippen molar-refractivity contribution in [2.45, 2.75) is 0 Å². The first kappa shape index (κ1) is 16.6. The molecule has 1 amide bonds. The number of H-pyrrole nitrogens is 1. The molecule has 128 valence electrons. The summed E-state index contributed by atoms with van der Waals surface area (Å²) in [5.41, 5.74) is 0.882. The van der Waals surface area contributed by atoms with Crippen LogP contribution in [0.5, 0.6) is 0 Å². The number of aromatic nitrogens is 3. The minimum absolute atomic E-state index is 0.0893. The van der Waals surface area contributed by atoms with Crippen molar-refractivity contribution in [3.8, 4) is 0 Å². The van der Waals surface area contributed by atoms with Crippen LogP contribution >= 0.6 is 0 Å². The molecule has 25 heavy (non-hydrogen) atoms. The van der Waals surface area contributed by atoms with Crippen molar-refractivity contribution in [3.63, 3.8) is 0 Å². The van der Waals surface area contributed by atoms with Crippen molar-refractivity contribution in [1.82, 2.24) is 15.2 Å². The average Bonchev–Trinajstić information content (AvgIpc) is 3.00. The van der Waals surface area contributed by atoms with E-state index in [4.69, 9.17) is 0 Å². The highest BCUT2D eigenvalue weighted by molar-refractivity contribution is 7.95. The van der Waals surface area contributed by atoms with E-state index in [0.717, 1.165) is 5.41 Å². The van der Waals surface area contributed by atoms with E-state index < -0.39 is 21.7 Å². The molecule has 0 saturated carbocycles. The number of pyridine rings is 1. The smallest absolute Gasteiger partial charge is 0.274 e. The molecule has 10 heteroatoms. The summed E-state index contributed by atoms with van der Waals surface area (Å²) in [7, 11) is -3.70. The minimum atomic E-state index is -3.70. The first-order valence-corrected chi connectivity index (χ1v) is 8.49. The maximum atomic E-state index is 12.9. The predicted octanol–water partition coefficient (Wildman–Crippen LogP) is 2.23. The second-order valence-corrected chi connectivity index (χ2v) is 6.60. The highest BCUT2D eigenvalue weighted by atomic mass is 32.2. The van der Waals surface area contributed by atoms with E-state index in [-0.39, 0.29) is 17.0 Å². The molecule has 3 aromatic rings. The number of aromatic amines is 1. The Balaban J connectivity index is 1.91. The number of benzene rings is 1. The van der Waals surface area contributed by atoms with Gasteiger partial charge in [-0.25, -0.2) is 17.8 Å². The van der Waals surface area contributed by atoms with Crippen molar-refractivity contribution in [3.05, 3.63) is 60.0 Å². The third-order valence-electron chi connectivity index (χ3n) is 3.22. The third kappa shape index (κ3) is 3.63. The lowest BCUT2D eigenvalue weighted by Crippen LogP contribution is -2.13. The standard InChI is InChI=1S/C15H12FN5O3S/c1-2-25(23,24)21-11-7-12-13(19-20-14(12)17-8-11)15(22)18-10-5-3-9(16)4-6-10/h2-8,21H,1H2,(H,18,22)(H,17,19,20). The van der Waals surface area contributed by atoms with E-state index in [9.17, 15) is 17.6 Å². The summed E-state index contributed by atoms with van der Waals surface area (Å²) < 4.78 is 38.2. The van der Waals surface area contributed by atoms with E-state index in [1.807, 2.05) is 0 Å². The molecule has 0 radical (unpaired) electrons. The lowest BCUT2D eigenvalue weighted by molar-refractivity contribution is 0.102. The van der Waals surface area contributed by atoms with Crippen LogP contribution in [0.4, 0.5) is 15.8 Å². The Morgan fingerprint density at radius 3 is 2.64 bits per heavy atom.